The molecule has 4 heteroatoms. The van der Waals surface area contributed by atoms with E-state index < -0.39 is 0 Å². The molecule has 19 heavy (non-hydrogen) atoms. The van der Waals surface area contributed by atoms with E-state index in [2.05, 4.69) is 6.92 Å². The Kier molecular flexibility index (Phi) is 6.97. The van der Waals surface area contributed by atoms with E-state index in [0.29, 0.717) is 24.3 Å². The van der Waals surface area contributed by atoms with Crippen molar-refractivity contribution in [2.45, 2.75) is 32.6 Å². The van der Waals surface area contributed by atoms with Gasteiger partial charge in [-0.2, -0.15) is 0 Å². The number of nitrogens with two attached hydrogens (primary N) is 1. The summed E-state index contributed by atoms with van der Waals surface area (Å²) in [4.78, 5) is 14.0. The standard InChI is InChI=1S/C15H24N2O2/c1-2-3-4-5-10-17(11-12-18)15(19)13-6-8-14(16)9-7-13/h6-9,18H,2-5,10-12,16H2,1H3. The number of amides is 1. The molecule has 4 nitrogen and oxygen atoms in total. The molecule has 0 atom stereocenters. The Morgan fingerprint density at radius 2 is 1.84 bits per heavy atom. The first-order valence-electron chi connectivity index (χ1n) is 6.94. The van der Waals surface area contributed by atoms with E-state index in [1.807, 2.05) is 0 Å². The minimum atomic E-state index is -0.0365. The van der Waals surface area contributed by atoms with Gasteiger partial charge in [-0.25, -0.2) is 0 Å². The Hall–Kier alpha value is -1.55. The number of nitrogen functional groups attached to an aromatic ring is 1. The van der Waals surface area contributed by atoms with Crippen LogP contribution in [0.4, 0.5) is 5.69 Å². The van der Waals surface area contributed by atoms with Gasteiger partial charge in [0.1, 0.15) is 0 Å². The zero-order valence-corrected chi connectivity index (χ0v) is 11.6. The van der Waals surface area contributed by atoms with E-state index in [9.17, 15) is 4.79 Å². The summed E-state index contributed by atoms with van der Waals surface area (Å²) >= 11 is 0. The van der Waals surface area contributed by atoms with Gasteiger partial charge in [-0.3, -0.25) is 4.79 Å². The SMILES string of the molecule is CCCCCCN(CCO)C(=O)c1ccc(N)cc1. The van der Waals surface area contributed by atoms with Gasteiger partial charge in [-0.15, -0.1) is 0 Å². The fraction of sp³-hybridized carbons (Fsp3) is 0.533. The molecule has 0 aromatic heterocycles. The largest absolute Gasteiger partial charge is 0.399 e. The number of hydrogen-bond acceptors (Lipinski definition) is 3. The lowest BCUT2D eigenvalue weighted by Gasteiger charge is -2.22. The molecule has 3 N–H and O–H groups in total. The van der Waals surface area contributed by atoms with Crippen molar-refractivity contribution in [2.24, 2.45) is 0 Å². The average Bonchev–Trinajstić information content (AvgIpc) is 2.42. The molecule has 0 spiro atoms. The molecule has 0 aliphatic rings. The summed E-state index contributed by atoms with van der Waals surface area (Å²) in [6.45, 7) is 3.23. The highest BCUT2D eigenvalue weighted by atomic mass is 16.3. The highest BCUT2D eigenvalue weighted by Crippen LogP contribution is 2.10. The first-order chi connectivity index (χ1) is 9.19. The number of aliphatic hydroxyl groups excluding tert-OH is 1. The third kappa shape index (κ3) is 5.30. The Morgan fingerprint density at radius 3 is 2.42 bits per heavy atom. The molecule has 0 aliphatic carbocycles. The van der Waals surface area contributed by atoms with Gasteiger partial charge in [0.15, 0.2) is 0 Å². The first kappa shape index (κ1) is 15.5. The lowest BCUT2D eigenvalue weighted by atomic mass is 10.1. The zero-order valence-electron chi connectivity index (χ0n) is 11.6. The molecule has 0 fully saturated rings. The second-order valence-corrected chi connectivity index (χ2v) is 4.70. The van der Waals surface area contributed by atoms with Crippen molar-refractivity contribution in [1.82, 2.24) is 4.90 Å². The molecule has 0 saturated carbocycles. The molecular weight excluding hydrogens is 240 g/mol. The number of carbonyl (C=O) groups is 1. The molecule has 1 aromatic rings. The fourth-order valence-electron chi connectivity index (χ4n) is 1.97. The minimum Gasteiger partial charge on any atom is -0.399 e. The van der Waals surface area contributed by atoms with Crippen molar-refractivity contribution in [3.05, 3.63) is 29.8 Å². The molecule has 106 valence electrons. The highest BCUT2D eigenvalue weighted by Gasteiger charge is 2.14. The number of hydrogen-bond donors (Lipinski definition) is 2. The monoisotopic (exact) mass is 264 g/mol. The van der Waals surface area contributed by atoms with E-state index in [-0.39, 0.29) is 12.5 Å². The van der Waals surface area contributed by atoms with Crippen LogP contribution in [0.5, 0.6) is 0 Å². The molecular formula is C15H24N2O2. The molecule has 0 aliphatic heterocycles. The molecule has 1 amide bonds. The lowest BCUT2D eigenvalue weighted by molar-refractivity contribution is 0.0718. The Balaban J connectivity index is 2.58. The topological polar surface area (TPSA) is 66.6 Å². The van der Waals surface area contributed by atoms with Crippen LogP contribution in [0.15, 0.2) is 24.3 Å². The van der Waals surface area contributed by atoms with Crippen molar-refractivity contribution in [3.8, 4) is 0 Å². The number of carbonyl (C=O) groups excluding carboxylic acids is 1. The van der Waals surface area contributed by atoms with Gasteiger partial charge >= 0.3 is 0 Å². The summed E-state index contributed by atoms with van der Waals surface area (Å²) in [6.07, 6.45) is 4.46. The third-order valence-corrected chi connectivity index (χ3v) is 3.10. The average molecular weight is 264 g/mol. The van der Waals surface area contributed by atoms with Gasteiger partial charge in [0.25, 0.3) is 5.91 Å². The van der Waals surface area contributed by atoms with Crippen LogP contribution in [0.1, 0.15) is 43.0 Å². The van der Waals surface area contributed by atoms with E-state index in [0.717, 1.165) is 12.8 Å². The van der Waals surface area contributed by atoms with Gasteiger partial charge in [0, 0.05) is 24.3 Å². The molecule has 1 aromatic carbocycles. The fourth-order valence-corrected chi connectivity index (χ4v) is 1.97. The van der Waals surface area contributed by atoms with E-state index in [1.165, 1.54) is 12.8 Å². The van der Waals surface area contributed by atoms with Crippen LogP contribution in [0, 0.1) is 0 Å². The number of rotatable bonds is 8. The van der Waals surface area contributed by atoms with Gasteiger partial charge in [0.05, 0.1) is 6.61 Å². The molecule has 0 heterocycles. The molecule has 0 unspecified atom stereocenters. The van der Waals surface area contributed by atoms with Gasteiger partial charge in [0.2, 0.25) is 0 Å². The van der Waals surface area contributed by atoms with Crippen molar-refractivity contribution in [3.63, 3.8) is 0 Å². The number of benzene rings is 1. The van der Waals surface area contributed by atoms with Gasteiger partial charge < -0.3 is 15.7 Å². The second-order valence-electron chi connectivity index (χ2n) is 4.70. The van der Waals surface area contributed by atoms with Crippen LogP contribution in [0.25, 0.3) is 0 Å². The number of unbranched alkanes of at least 4 members (excludes halogenated alkanes) is 3. The first-order valence-corrected chi connectivity index (χ1v) is 6.94. The summed E-state index contributed by atoms with van der Waals surface area (Å²) in [5.41, 5.74) is 6.88. The maximum atomic E-state index is 12.3. The molecule has 1 rings (SSSR count). The summed E-state index contributed by atoms with van der Waals surface area (Å²) in [6, 6.07) is 6.91. The van der Waals surface area contributed by atoms with Crippen molar-refractivity contribution < 1.29 is 9.90 Å². The molecule has 0 saturated heterocycles. The Bertz CT molecular complexity index is 376. The normalized spacial score (nSPS) is 10.4. The lowest BCUT2D eigenvalue weighted by Crippen LogP contribution is -2.34. The summed E-state index contributed by atoms with van der Waals surface area (Å²) in [5.74, 6) is -0.0365. The predicted molar refractivity (Wildman–Crippen MR) is 78.0 cm³/mol. The van der Waals surface area contributed by atoms with Crippen molar-refractivity contribution in [2.75, 3.05) is 25.4 Å². The summed E-state index contributed by atoms with van der Waals surface area (Å²) < 4.78 is 0. The van der Waals surface area contributed by atoms with Crippen LogP contribution in [0.3, 0.4) is 0 Å². The Morgan fingerprint density at radius 1 is 1.16 bits per heavy atom. The van der Waals surface area contributed by atoms with E-state index in [4.69, 9.17) is 10.8 Å². The quantitative estimate of drug-likeness (QED) is 0.559. The predicted octanol–water partition coefficient (Wildman–Crippen LogP) is 2.28. The number of anilines is 1. The maximum absolute atomic E-state index is 12.3. The summed E-state index contributed by atoms with van der Waals surface area (Å²) in [5, 5.41) is 9.07. The summed E-state index contributed by atoms with van der Waals surface area (Å²) in [7, 11) is 0. The maximum Gasteiger partial charge on any atom is 0.253 e. The second kappa shape index (κ2) is 8.53. The van der Waals surface area contributed by atoms with E-state index in [1.54, 1.807) is 29.2 Å². The van der Waals surface area contributed by atoms with E-state index >= 15 is 0 Å². The van der Waals surface area contributed by atoms with Crippen molar-refractivity contribution >= 4 is 11.6 Å². The molecule has 0 bridgehead atoms. The van der Waals surface area contributed by atoms with Crippen LogP contribution in [-0.4, -0.2) is 35.6 Å². The van der Waals surface area contributed by atoms with Gasteiger partial charge in [-0.05, 0) is 30.7 Å². The van der Waals surface area contributed by atoms with Crippen LogP contribution >= 0.6 is 0 Å². The zero-order chi connectivity index (χ0) is 14.1. The van der Waals surface area contributed by atoms with Crippen LogP contribution < -0.4 is 5.73 Å². The van der Waals surface area contributed by atoms with Gasteiger partial charge in [-0.1, -0.05) is 26.2 Å². The molecule has 0 radical (unpaired) electrons. The smallest absolute Gasteiger partial charge is 0.253 e. The van der Waals surface area contributed by atoms with Crippen molar-refractivity contribution in [1.29, 1.82) is 0 Å². The van der Waals surface area contributed by atoms with Crippen LogP contribution in [-0.2, 0) is 0 Å². The minimum absolute atomic E-state index is 0.00547. The van der Waals surface area contributed by atoms with Crippen LogP contribution in [0.2, 0.25) is 0 Å². The third-order valence-electron chi connectivity index (χ3n) is 3.10. The number of nitrogens with zero attached hydrogens (tertiary/aromatic N) is 1. The highest BCUT2D eigenvalue weighted by molar-refractivity contribution is 5.94. The Labute approximate surface area is 115 Å². The number of aliphatic hydroxyl groups is 1.